The van der Waals surface area contributed by atoms with Crippen molar-refractivity contribution in [2.45, 2.75) is 6.10 Å². The molecule has 0 radical (unpaired) electrons. The van der Waals surface area contributed by atoms with Crippen molar-refractivity contribution in [2.75, 3.05) is 31.8 Å². The van der Waals surface area contributed by atoms with Crippen molar-refractivity contribution in [1.29, 1.82) is 0 Å². The average Bonchev–Trinajstić information content (AvgIpc) is 2.46. The van der Waals surface area contributed by atoms with E-state index in [1.807, 2.05) is 0 Å². The molecule has 7 heteroatoms. The summed E-state index contributed by atoms with van der Waals surface area (Å²) in [4.78, 5) is 15.8. The van der Waals surface area contributed by atoms with Gasteiger partial charge in [0.05, 0.1) is 31.6 Å². The normalized spacial score (nSPS) is 19.3. The number of nitrogens with zero attached hydrogens (tertiary/aromatic N) is 1. The van der Waals surface area contributed by atoms with E-state index in [1.165, 1.54) is 6.20 Å². The number of rotatable bonds is 4. The number of pyridine rings is 1. The highest BCUT2D eigenvalue weighted by Gasteiger charge is 2.16. The van der Waals surface area contributed by atoms with Crippen LogP contribution in [0.2, 0.25) is 0 Å². The molecule has 1 atom stereocenters. The molecule has 2 rings (SSSR count). The molecule has 4 N–H and O–H groups in total. The second-order valence-corrected chi connectivity index (χ2v) is 3.85. The van der Waals surface area contributed by atoms with E-state index in [9.17, 15) is 4.79 Å². The van der Waals surface area contributed by atoms with Gasteiger partial charge in [-0.3, -0.25) is 15.6 Å². The molecule has 1 saturated heterocycles. The summed E-state index contributed by atoms with van der Waals surface area (Å²) in [5, 5.41) is 2.74. The lowest BCUT2D eigenvalue weighted by molar-refractivity contribution is -0.0855. The van der Waals surface area contributed by atoms with Gasteiger partial charge in [0.1, 0.15) is 5.69 Å². The maximum Gasteiger partial charge on any atom is 0.270 e. The van der Waals surface area contributed by atoms with Gasteiger partial charge >= 0.3 is 0 Å². The first-order chi connectivity index (χ1) is 8.79. The van der Waals surface area contributed by atoms with Gasteiger partial charge in [0, 0.05) is 12.7 Å². The molecule has 0 spiro atoms. The van der Waals surface area contributed by atoms with Crippen LogP contribution in [0.1, 0.15) is 10.5 Å². The van der Waals surface area contributed by atoms with Crippen LogP contribution in [-0.4, -0.2) is 43.4 Å². The first-order valence-corrected chi connectivity index (χ1v) is 5.70. The van der Waals surface area contributed by atoms with Gasteiger partial charge in [-0.15, -0.1) is 0 Å². The third-order valence-electron chi connectivity index (χ3n) is 2.53. The maximum atomic E-state index is 11.8. The lowest BCUT2D eigenvalue weighted by Gasteiger charge is -2.22. The molecule has 98 valence electrons. The first kappa shape index (κ1) is 12.7. The van der Waals surface area contributed by atoms with Crippen molar-refractivity contribution in [1.82, 2.24) is 10.3 Å². The molecule has 1 aliphatic heterocycles. The van der Waals surface area contributed by atoms with Crippen molar-refractivity contribution >= 4 is 11.6 Å². The van der Waals surface area contributed by atoms with E-state index >= 15 is 0 Å². The van der Waals surface area contributed by atoms with Crippen LogP contribution < -0.4 is 16.6 Å². The van der Waals surface area contributed by atoms with Crippen molar-refractivity contribution in [3.8, 4) is 0 Å². The van der Waals surface area contributed by atoms with E-state index < -0.39 is 0 Å². The van der Waals surface area contributed by atoms with Crippen LogP contribution in [0.15, 0.2) is 18.3 Å². The molecule has 1 aliphatic rings. The fourth-order valence-corrected chi connectivity index (χ4v) is 1.60. The summed E-state index contributed by atoms with van der Waals surface area (Å²) in [5.74, 6) is 5.00. The first-order valence-electron chi connectivity index (χ1n) is 5.70. The van der Waals surface area contributed by atoms with Crippen LogP contribution in [0.3, 0.4) is 0 Å². The SMILES string of the molecule is NNc1ccnc(C(=O)NCC2COCCO2)c1. The fraction of sp³-hybridized carbons (Fsp3) is 0.455. The van der Waals surface area contributed by atoms with E-state index in [4.69, 9.17) is 15.3 Å². The number of hydrogen-bond donors (Lipinski definition) is 3. The molecule has 18 heavy (non-hydrogen) atoms. The third-order valence-corrected chi connectivity index (χ3v) is 2.53. The molecule has 1 aromatic rings. The number of carbonyl (C=O) groups is 1. The van der Waals surface area contributed by atoms with E-state index in [0.717, 1.165) is 0 Å². The Morgan fingerprint density at radius 3 is 3.17 bits per heavy atom. The lowest BCUT2D eigenvalue weighted by Crippen LogP contribution is -2.39. The fourth-order valence-electron chi connectivity index (χ4n) is 1.60. The number of ether oxygens (including phenoxy) is 2. The van der Waals surface area contributed by atoms with Crippen LogP contribution >= 0.6 is 0 Å². The number of carbonyl (C=O) groups excluding carboxylic acids is 1. The Morgan fingerprint density at radius 1 is 1.56 bits per heavy atom. The number of amides is 1. The Hall–Kier alpha value is -1.70. The molecule has 1 unspecified atom stereocenters. The highest BCUT2D eigenvalue weighted by Crippen LogP contribution is 2.06. The Balaban J connectivity index is 1.86. The lowest BCUT2D eigenvalue weighted by atomic mass is 10.3. The molecule has 1 aromatic heterocycles. The minimum absolute atomic E-state index is 0.0986. The van der Waals surface area contributed by atoms with Gasteiger partial charge in [-0.2, -0.15) is 0 Å². The molecule has 1 amide bonds. The smallest absolute Gasteiger partial charge is 0.270 e. The zero-order valence-electron chi connectivity index (χ0n) is 9.89. The molecular weight excluding hydrogens is 236 g/mol. The highest BCUT2D eigenvalue weighted by atomic mass is 16.6. The van der Waals surface area contributed by atoms with Gasteiger partial charge in [-0.25, -0.2) is 0 Å². The average molecular weight is 252 g/mol. The summed E-state index contributed by atoms with van der Waals surface area (Å²) in [5.41, 5.74) is 3.40. The summed E-state index contributed by atoms with van der Waals surface area (Å²) in [6.07, 6.45) is 1.42. The van der Waals surface area contributed by atoms with Crippen LogP contribution in [0, 0.1) is 0 Å². The number of nitrogen functional groups attached to an aromatic ring is 1. The van der Waals surface area contributed by atoms with E-state index in [2.05, 4.69) is 15.7 Å². The number of aromatic nitrogens is 1. The van der Waals surface area contributed by atoms with Gasteiger partial charge in [0.15, 0.2) is 0 Å². The second-order valence-electron chi connectivity index (χ2n) is 3.85. The van der Waals surface area contributed by atoms with Crippen molar-refractivity contribution in [2.24, 2.45) is 5.84 Å². The molecule has 0 saturated carbocycles. The van der Waals surface area contributed by atoms with Gasteiger partial charge < -0.3 is 20.2 Å². The minimum atomic E-state index is -0.263. The van der Waals surface area contributed by atoms with Gasteiger partial charge in [0.2, 0.25) is 0 Å². The second kappa shape index (κ2) is 6.29. The highest BCUT2D eigenvalue weighted by molar-refractivity contribution is 5.93. The van der Waals surface area contributed by atoms with Gasteiger partial charge in [-0.05, 0) is 12.1 Å². The number of nitrogens with two attached hydrogens (primary N) is 1. The number of anilines is 1. The largest absolute Gasteiger partial charge is 0.376 e. The topological polar surface area (TPSA) is 98.5 Å². The summed E-state index contributed by atoms with van der Waals surface area (Å²) in [7, 11) is 0. The monoisotopic (exact) mass is 252 g/mol. The Morgan fingerprint density at radius 2 is 2.44 bits per heavy atom. The van der Waals surface area contributed by atoms with Gasteiger partial charge in [-0.1, -0.05) is 0 Å². The number of hydrazine groups is 1. The molecule has 0 bridgehead atoms. The van der Waals surface area contributed by atoms with Crippen LogP contribution in [0.4, 0.5) is 5.69 Å². The Labute approximate surface area is 105 Å². The van der Waals surface area contributed by atoms with E-state index in [1.54, 1.807) is 12.1 Å². The minimum Gasteiger partial charge on any atom is -0.376 e. The van der Waals surface area contributed by atoms with E-state index in [0.29, 0.717) is 37.7 Å². The molecule has 7 nitrogen and oxygen atoms in total. The van der Waals surface area contributed by atoms with Crippen molar-refractivity contribution < 1.29 is 14.3 Å². The van der Waals surface area contributed by atoms with E-state index in [-0.39, 0.29) is 12.0 Å². The Kier molecular flexibility index (Phi) is 4.46. The quantitative estimate of drug-likeness (QED) is 0.494. The summed E-state index contributed by atoms with van der Waals surface area (Å²) in [6, 6.07) is 3.25. The van der Waals surface area contributed by atoms with Crippen molar-refractivity contribution in [3.63, 3.8) is 0 Å². The Bertz CT molecular complexity index is 407. The zero-order valence-corrected chi connectivity index (χ0v) is 9.89. The predicted molar refractivity (Wildman–Crippen MR) is 64.9 cm³/mol. The predicted octanol–water partition coefficient (Wildman–Crippen LogP) is -0.488. The third kappa shape index (κ3) is 3.39. The summed E-state index contributed by atoms with van der Waals surface area (Å²) < 4.78 is 10.7. The zero-order chi connectivity index (χ0) is 12.8. The molecule has 0 aliphatic carbocycles. The molecular formula is C11H16N4O3. The van der Waals surface area contributed by atoms with Crippen LogP contribution in [0.5, 0.6) is 0 Å². The standard InChI is InChI=1S/C11H16N4O3/c12-15-8-1-2-13-10(5-8)11(16)14-6-9-7-17-3-4-18-9/h1-2,5,9H,3-4,6-7,12H2,(H,13,15)(H,14,16). The number of nitrogens with one attached hydrogen (secondary N) is 2. The van der Waals surface area contributed by atoms with Gasteiger partial charge in [0.25, 0.3) is 5.91 Å². The van der Waals surface area contributed by atoms with Crippen molar-refractivity contribution in [3.05, 3.63) is 24.0 Å². The summed E-state index contributed by atoms with van der Waals surface area (Å²) >= 11 is 0. The number of hydrogen-bond acceptors (Lipinski definition) is 6. The molecule has 1 fully saturated rings. The van der Waals surface area contributed by atoms with Crippen LogP contribution in [-0.2, 0) is 9.47 Å². The molecule has 2 heterocycles. The molecule has 0 aromatic carbocycles. The van der Waals surface area contributed by atoms with Crippen LogP contribution in [0.25, 0.3) is 0 Å². The maximum absolute atomic E-state index is 11.8. The summed E-state index contributed by atoms with van der Waals surface area (Å²) in [6.45, 7) is 2.07.